The van der Waals surface area contributed by atoms with Crippen LogP contribution < -0.4 is 4.74 Å². The van der Waals surface area contributed by atoms with Gasteiger partial charge in [-0.15, -0.1) is 0 Å². The minimum Gasteiger partial charge on any atom is -0.491 e. The second kappa shape index (κ2) is 13.6. The van der Waals surface area contributed by atoms with Gasteiger partial charge in [0, 0.05) is 0 Å². The number of rotatable bonds is 12. The molecule has 2 fully saturated rings. The lowest BCUT2D eigenvalue weighted by atomic mass is 9.76. The van der Waals surface area contributed by atoms with Crippen molar-refractivity contribution < 1.29 is 13.5 Å². The molecular weight excluding hydrogens is 402 g/mol. The van der Waals surface area contributed by atoms with E-state index in [1.807, 2.05) is 0 Å². The molecule has 2 saturated carbocycles. The van der Waals surface area contributed by atoms with Crippen LogP contribution in [0.2, 0.25) is 0 Å². The molecule has 0 radical (unpaired) electrons. The van der Waals surface area contributed by atoms with Crippen LogP contribution in [-0.2, 0) is 0 Å². The van der Waals surface area contributed by atoms with Crippen molar-refractivity contribution in [3.8, 4) is 5.75 Å². The lowest BCUT2D eigenvalue weighted by molar-refractivity contribution is 0.240. The molecule has 3 rings (SSSR count). The molecule has 2 aliphatic carbocycles. The molecule has 1 aromatic carbocycles. The van der Waals surface area contributed by atoms with Crippen molar-refractivity contribution in [2.45, 2.75) is 122 Å². The van der Waals surface area contributed by atoms with Crippen LogP contribution in [0.15, 0.2) is 12.1 Å². The van der Waals surface area contributed by atoms with Gasteiger partial charge < -0.3 is 4.74 Å². The first-order valence-corrected chi connectivity index (χ1v) is 13.7. The van der Waals surface area contributed by atoms with E-state index in [1.54, 1.807) is 19.1 Å². The molecule has 182 valence electrons. The van der Waals surface area contributed by atoms with E-state index in [1.165, 1.54) is 77.0 Å². The maximum Gasteiger partial charge on any atom is 0.200 e. The Kier molecular flexibility index (Phi) is 10.8. The maximum absolute atomic E-state index is 14.5. The summed E-state index contributed by atoms with van der Waals surface area (Å²) in [6.07, 6.45) is 21.3. The Morgan fingerprint density at radius 3 is 1.69 bits per heavy atom. The minimum absolute atomic E-state index is 0.0346. The van der Waals surface area contributed by atoms with Crippen LogP contribution in [0.25, 0.3) is 0 Å². The molecule has 0 unspecified atom stereocenters. The van der Waals surface area contributed by atoms with Gasteiger partial charge in [-0.25, -0.2) is 4.39 Å². The summed E-state index contributed by atoms with van der Waals surface area (Å²) in [7, 11) is 0. The zero-order valence-corrected chi connectivity index (χ0v) is 20.6. The van der Waals surface area contributed by atoms with Crippen molar-refractivity contribution in [2.75, 3.05) is 6.61 Å². The van der Waals surface area contributed by atoms with Gasteiger partial charge in [0.2, 0.25) is 5.82 Å². The molecule has 0 heterocycles. The van der Waals surface area contributed by atoms with Gasteiger partial charge in [-0.3, -0.25) is 0 Å². The van der Waals surface area contributed by atoms with E-state index < -0.39 is 11.6 Å². The Bertz CT molecular complexity index is 657. The molecule has 1 nitrogen and oxygen atoms in total. The van der Waals surface area contributed by atoms with E-state index in [9.17, 15) is 8.78 Å². The van der Waals surface area contributed by atoms with Crippen LogP contribution in [0.3, 0.4) is 0 Å². The number of hydrogen-bond acceptors (Lipinski definition) is 1. The second-order valence-corrected chi connectivity index (χ2v) is 10.6. The van der Waals surface area contributed by atoms with E-state index in [2.05, 4.69) is 6.92 Å². The number of ether oxygens (including phenoxy) is 1. The Labute approximate surface area is 195 Å². The van der Waals surface area contributed by atoms with Crippen LogP contribution in [0.4, 0.5) is 8.78 Å². The normalized spacial score (nSPS) is 26.2. The van der Waals surface area contributed by atoms with Gasteiger partial charge in [0.05, 0.1) is 6.61 Å². The molecule has 0 saturated heterocycles. The van der Waals surface area contributed by atoms with Gasteiger partial charge in [0.1, 0.15) is 0 Å². The molecule has 0 aromatic heterocycles. The van der Waals surface area contributed by atoms with E-state index in [0.29, 0.717) is 12.2 Å². The summed E-state index contributed by atoms with van der Waals surface area (Å²) in [5, 5.41) is 0. The maximum atomic E-state index is 14.5. The number of hydrogen-bond donors (Lipinski definition) is 0. The van der Waals surface area contributed by atoms with Crippen molar-refractivity contribution in [2.24, 2.45) is 17.8 Å². The smallest absolute Gasteiger partial charge is 0.200 e. The number of unbranched alkanes of at least 4 members (excludes halogenated alkanes) is 3. The molecule has 32 heavy (non-hydrogen) atoms. The highest BCUT2D eigenvalue weighted by Gasteiger charge is 2.27. The fourth-order valence-corrected chi connectivity index (χ4v) is 6.25. The number of halogens is 2. The highest BCUT2D eigenvalue weighted by Crippen LogP contribution is 2.40. The van der Waals surface area contributed by atoms with Gasteiger partial charge in [0.15, 0.2) is 11.6 Å². The fourth-order valence-electron chi connectivity index (χ4n) is 6.25. The molecule has 2 aliphatic rings. The summed E-state index contributed by atoms with van der Waals surface area (Å²) in [5.41, 5.74) is 0.551. The molecule has 0 spiro atoms. The highest BCUT2D eigenvalue weighted by molar-refractivity contribution is 5.33. The summed E-state index contributed by atoms with van der Waals surface area (Å²) >= 11 is 0. The van der Waals surface area contributed by atoms with Gasteiger partial charge in [0.25, 0.3) is 0 Å². The largest absolute Gasteiger partial charge is 0.491 e. The third-order valence-corrected chi connectivity index (χ3v) is 8.32. The van der Waals surface area contributed by atoms with Gasteiger partial charge >= 0.3 is 0 Å². The van der Waals surface area contributed by atoms with Gasteiger partial charge in [-0.2, -0.15) is 4.39 Å². The molecule has 0 bridgehead atoms. The lowest BCUT2D eigenvalue weighted by Gasteiger charge is -2.30. The number of benzene rings is 1. The summed E-state index contributed by atoms with van der Waals surface area (Å²) in [5.74, 6) is 1.45. The summed E-state index contributed by atoms with van der Waals surface area (Å²) < 4.78 is 34.0. The predicted octanol–water partition coefficient (Wildman–Crippen LogP) is 9.58. The standard InChI is InChI=1S/C29H46F2O/c1-3-5-6-9-22-12-14-23(15-13-22)10-7-8-11-24-16-18-25(19-17-24)26-20-21-27(32-4-2)29(31)28(26)30/h20-25H,3-19H2,1-2H3/t22-,23-,24-,25-. The van der Waals surface area contributed by atoms with Crippen LogP contribution in [0, 0.1) is 29.4 Å². The molecule has 3 heteroatoms. The lowest BCUT2D eigenvalue weighted by Crippen LogP contribution is -2.16. The van der Waals surface area contributed by atoms with Crippen LogP contribution >= 0.6 is 0 Å². The summed E-state index contributed by atoms with van der Waals surface area (Å²) in [6.45, 7) is 4.43. The summed E-state index contributed by atoms with van der Waals surface area (Å²) in [6, 6.07) is 3.34. The monoisotopic (exact) mass is 448 g/mol. The minimum atomic E-state index is -0.818. The highest BCUT2D eigenvalue weighted by atomic mass is 19.2. The first kappa shape index (κ1) is 25.5. The molecular formula is C29H46F2O. The fraction of sp³-hybridized carbons (Fsp3) is 0.793. The molecule has 1 aromatic rings. The van der Waals surface area contributed by atoms with Crippen molar-refractivity contribution >= 4 is 0 Å². The zero-order chi connectivity index (χ0) is 22.8. The van der Waals surface area contributed by atoms with Crippen molar-refractivity contribution in [3.05, 3.63) is 29.3 Å². The predicted molar refractivity (Wildman–Crippen MR) is 130 cm³/mol. The molecule has 0 aliphatic heterocycles. The van der Waals surface area contributed by atoms with Gasteiger partial charge in [-0.05, 0) is 67.9 Å². The zero-order valence-electron chi connectivity index (χ0n) is 20.6. The first-order chi connectivity index (χ1) is 15.6. The van der Waals surface area contributed by atoms with E-state index >= 15 is 0 Å². The Hall–Kier alpha value is -1.12. The van der Waals surface area contributed by atoms with Crippen LogP contribution in [0.1, 0.15) is 128 Å². The Morgan fingerprint density at radius 1 is 0.688 bits per heavy atom. The van der Waals surface area contributed by atoms with E-state index in [4.69, 9.17) is 4.74 Å². The molecule has 0 atom stereocenters. The topological polar surface area (TPSA) is 9.23 Å². The van der Waals surface area contributed by atoms with Crippen molar-refractivity contribution in [1.82, 2.24) is 0 Å². The average Bonchev–Trinajstić information content (AvgIpc) is 2.82. The second-order valence-electron chi connectivity index (χ2n) is 10.6. The quantitative estimate of drug-likeness (QED) is 0.289. The van der Waals surface area contributed by atoms with Crippen molar-refractivity contribution in [1.29, 1.82) is 0 Å². The SMILES string of the molecule is CCCCC[C@H]1CC[C@H](CCCC[C@H]2CC[C@H](c3ccc(OCC)c(F)c3F)CC2)CC1. The first-order valence-electron chi connectivity index (χ1n) is 13.7. The van der Waals surface area contributed by atoms with Crippen LogP contribution in [0.5, 0.6) is 5.75 Å². The summed E-state index contributed by atoms with van der Waals surface area (Å²) in [4.78, 5) is 0. The van der Waals surface area contributed by atoms with Crippen molar-refractivity contribution in [3.63, 3.8) is 0 Å². The Balaban J connectivity index is 1.30. The molecule has 0 N–H and O–H groups in total. The average molecular weight is 449 g/mol. The third kappa shape index (κ3) is 7.45. The molecule has 0 amide bonds. The van der Waals surface area contributed by atoms with E-state index in [0.717, 1.165) is 43.4 Å². The van der Waals surface area contributed by atoms with Crippen LogP contribution in [-0.4, -0.2) is 6.61 Å². The van der Waals surface area contributed by atoms with E-state index in [-0.39, 0.29) is 11.7 Å². The Morgan fingerprint density at radius 2 is 1.19 bits per heavy atom. The van der Waals surface area contributed by atoms with Gasteiger partial charge in [-0.1, -0.05) is 90.0 Å². The third-order valence-electron chi connectivity index (χ3n) is 8.32.